The Morgan fingerprint density at radius 1 is 1.21 bits per heavy atom. The lowest BCUT2D eigenvalue weighted by Crippen LogP contribution is -2.11. The van der Waals surface area contributed by atoms with Crippen molar-refractivity contribution in [3.63, 3.8) is 0 Å². The average Bonchev–Trinajstić information content (AvgIpc) is 2.84. The number of rotatable bonds is 3. The largest absolute Gasteiger partial charge is 0.390 e. The summed E-state index contributed by atoms with van der Waals surface area (Å²) in [6, 6.07) is 8.40. The SMILES string of the molecule is CN(C)c1ccc(CC2(O)CC2)cc1. The minimum atomic E-state index is -0.375. The van der Waals surface area contributed by atoms with Gasteiger partial charge in [0.1, 0.15) is 0 Å². The van der Waals surface area contributed by atoms with Crippen molar-refractivity contribution < 1.29 is 5.11 Å². The van der Waals surface area contributed by atoms with Gasteiger partial charge in [-0.2, -0.15) is 0 Å². The highest BCUT2D eigenvalue weighted by atomic mass is 16.3. The van der Waals surface area contributed by atoms with E-state index in [4.69, 9.17) is 0 Å². The molecule has 2 nitrogen and oxygen atoms in total. The van der Waals surface area contributed by atoms with Crippen LogP contribution in [0.25, 0.3) is 0 Å². The van der Waals surface area contributed by atoms with Crippen molar-refractivity contribution in [2.45, 2.75) is 24.9 Å². The van der Waals surface area contributed by atoms with Crippen LogP contribution in [0.15, 0.2) is 24.3 Å². The fourth-order valence-corrected chi connectivity index (χ4v) is 1.61. The zero-order valence-electron chi connectivity index (χ0n) is 8.83. The Morgan fingerprint density at radius 3 is 2.21 bits per heavy atom. The Labute approximate surface area is 85.2 Å². The van der Waals surface area contributed by atoms with Gasteiger partial charge >= 0.3 is 0 Å². The number of hydrogen-bond acceptors (Lipinski definition) is 2. The van der Waals surface area contributed by atoms with Gasteiger partial charge in [-0.05, 0) is 30.5 Å². The molecular formula is C12H17NO. The molecule has 0 unspecified atom stereocenters. The van der Waals surface area contributed by atoms with E-state index in [9.17, 15) is 5.11 Å². The van der Waals surface area contributed by atoms with Crippen LogP contribution in [0.3, 0.4) is 0 Å². The van der Waals surface area contributed by atoms with E-state index in [0.717, 1.165) is 19.3 Å². The highest BCUT2D eigenvalue weighted by Crippen LogP contribution is 2.38. The minimum absolute atomic E-state index is 0.375. The minimum Gasteiger partial charge on any atom is -0.390 e. The number of benzene rings is 1. The van der Waals surface area contributed by atoms with Crippen molar-refractivity contribution in [2.24, 2.45) is 0 Å². The van der Waals surface area contributed by atoms with Crippen molar-refractivity contribution in [3.05, 3.63) is 29.8 Å². The molecule has 1 N–H and O–H groups in total. The quantitative estimate of drug-likeness (QED) is 0.787. The first-order valence-corrected chi connectivity index (χ1v) is 5.08. The summed E-state index contributed by atoms with van der Waals surface area (Å²) in [6.45, 7) is 0. The molecule has 76 valence electrons. The molecule has 1 aliphatic rings. The summed E-state index contributed by atoms with van der Waals surface area (Å²) in [5, 5.41) is 9.75. The summed E-state index contributed by atoms with van der Waals surface area (Å²) in [5.41, 5.74) is 2.06. The Balaban J connectivity index is 2.06. The molecule has 2 heteroatoms. The maximum atomic E-state index is 9.75. The zero-order valence-corrected chi connectivity index (χ0v) is 8.83. The van der Waals surface area contributed by atoms with Crippen LogP contribution in [-0.2, 0) is 6.42 Å². The van der Waals surface area contributed by atoms with Gasteiger partial charge in [0, 0.05) is 26.2 Å². The molecule has 0 aromatic heterocycles. The molecule has 0 saturated heterocycles. The van der Waals surface area contributed by atoms with E-state index in [-0.39, 0.29) is 5.60 Å². The van der Waals surface area contributed by atoms with E-state index < -0.39 is 0 Å². The molecular weight excluding hydrogens is 174 g/mol. The molecule has 0 amide bonds. The Bertz CT molecular complexity index is 312. The lowest BCUT2D eigenvalue weighted by atomic mass is 10.1. The van der Waals surface area contributed by atoms with E-state index in [1.165, 1.54) is 11.3 Å². The average molecular weight is 191 g/mol. The van der Waals surface area contributed by atoms with Gasteiger partial charge in [-0.25, -0.2) is 0 Å². The predicted molar refractivity (Wildman–Crippen MR) is 58.7 cm³/mol. The van der Waals surface area contributed by atoms with Crippen LogP contribution < -0.4 is 4.90 Å². The van der Waals surface area contributed by atoms with Gasteiger partial charge in [0.2, 0.25) is 0 Å². The number of nitrogens with zero attached hydrogens (tertiary/aromatic N) is 1. The third-order valence-electron chi connectivity index (χ3n) is 2.81. The van der Waals surface area contributed by atoms with Gasteiger partial charge < -0.3 is 10.0 Å². The van der Waals surface area contributed by atoms with Crippen LogP contribution >= 0.6 is 0 Å². The summed E-state index contributed by atoms with van der Waals surface area (Å²) in [7, 11) is 4.06. The number of aliphatic hydroxyl groups is 1. The van der Waals surface area contributed by atoms with Crippen molar-refractivity contribution in [1.82, 2.24) is 0 Å². The molecule has 0 aliphatic heterocycles. The highest BCUT2D eigenvalue weighted by Gasteiger charge is 2.39. The van der Waals surface area contributed by atoms with Gasteiger partial charge in [0.15, 0.2) is 0 Å². The number of hydrogen-bond donors (Lipinski definition) is 1. The summed E-state index contributed by atoms with van der Waals surface area (Å²) in [5.74, 6) is 0. The molecule has 0 bridgehead atoms. The van der Waals surface area contributed by atoms with Crippen molar-refractivity contribution >= 4 is 5.69 Å². The van der Waals surface area contributed by atoms with E-state index in [1.807, 2.05) is 14.1 Å². The third kappa shape index (κ3) is 2.07. The van der Waals surface area contributed by atoms with E-state index in [0.29, 0.717) is 0 Å². The first-order chi connectivity index (χ1) is 6.59. The van der Waals surface area contributed by atoms with Crippen molar-refractivity contribution in [2.75, 3.05) is 19.0 Å². The summed E-state index contributed by atoms with van der Waals surface area (Å²) >= 11 is 0. The number of anilines is 1. The lowest BCUT2D eigenvalue weighted by molar-refractivity contribution is 0.151. The second-order valence-electron chi connectivity index (χ2n) is 4.46. The van der Waals surface area contributed by atoms with Crippen LogP contribution in [0.5, 0.6) is 0 Å². The van der Waals surface area contributed by atoms with Crippen LogP contribution in [0, 0.1) is 0 Å². The third-order valence-corrected chi connectivity index (χ3v) is 2.81. The van der Waals surface area contributed by atoms with Gasteiger partial charge in [-0.3, -0.25) is 0 Å². The van der Waals surface area contributed by atoms with Crippen LogP contribution in [0.4, 0.5) is 5.69 Å². The topological polar surface area (TPSA) is 23.5 Å². The maximum absolute atomic E-state index is 9.75. The van der Waals surface area contributed by atoms with Crippen LogP contribution in [0.1, 0.15) is 18.4 Å². The second-order valence-corrected chi connectivity index (χ2v) is 4.46. The molecule has 1 saturated carbocycles. The van der Waals surface area contributed by atoms with E-state index >= 15 is 0 Å². The molecule has 14 heavy (non-hydrogen) atoms. The monoisotopic (exact) mass is 191 g/mol. The summed E-state index contributed by atoms with van der Waals surface area (Å²) in [6.07, 6.45) is 2.73. The molecule has 1 aromatic rings. The highest BCUT2D eigenvalue weighted by molar-refractivity contribution is 5.46. The fourth-order valence-electron chi connectivity index (χ4n) is 1.61. The van der Waals surface area contributed by atoms with Crippen molar-refractivity contribution in [1.29, 1.82) is 0 Å². The first kappa shape index (κ1) is 9.53. The second kappa shape index (κ2) is 3.28. The van der Waals surface area contributed by atoms with E-state index in [1.54, 1.807) is 0 Å². The Kier molecular flexibility index (Phi) is 2.23. The summed E-state index contributed by atoms with van der Waals surface area (Å²) < 4.78 is 0. The molecule has 1 aliphatic carbocycles. The lowest BCUT2D eigenvalue weighted by Gasteiger charge is -2.13. The van der Waals surface area contributed by atoms with Gasteiger partial charge in [-0.1, -0.05) is 12.1 Å². The standard InChI is InChI=1S/C12H17NO/c1-13(2)11-5-3-10(4-6-11)9-12(14)7-8-12/h3-6,14H,7-9H2,1-2H3. The molecule has 0 radical (unpaired) electrons. The molecule has 0 atom stereocenters. The van der Waals surface area contributed by atoms with Crippen molar-refractivity contribution in [3.8, 4) is 0 Å². The molecule has 2 rings (SSSR count). The first-order valence-electron chi connectivity index (χ1n) is 5.08. The Morgan fingerprint density at radius 2 is 1.79 bits per heavy atom. The zero-order chi connectivity index (χ0) is 10.2. The van der Waals surface area contributed by atoms with E-state index in [2.05, 4.69) is 29.2 Å². The predicted octanol–water partition coefficient (Wildman–Crippen LogP) is 1.82. The van der Waals surface area contributed by atoms with Gasteiger partial charge in [-0.15, -0.1) is 0 Å². The normalized spacial score (nSPS) is 17.9. The summed E-state index contributed by atoms with van der Waals surface area (Å²) in [4.78, 5) is 2.08. The van der Waals surface area contributed by atoms with Crippen LogP contribution in [-0.4, -0.2) is 24.8 Å². The molecule has 1 fully saturated rings. The maximum Gasteiger partial charge on any atom is 0.0690 e. The molecule has 0 spiro atoms. The molecule has 0 heterocycles. The van der Waals surface area contributed by atoms with Gasteiger partial charge in [0.05, 0.1) is 5.60 Å². The fraction of sp³-hybridized carbons (Fsp3) is 0.500. The van der Waals surface area contributed by atoms with Crippen LogP contribution in [0.2, 0.25) is 0 Å². The molecule has 1 aromatic carbocycles. The van der Waals surface area contributed by atoms with Gasteiger partial charge in [0.25, 0.3) is 0 Å². The smallest absolute Gasteiger partial charge is 0.0690 e. The Hall–Kier alpha value is -1.02.